The molecule has 0 radical (unpaired) electrons. The molecular formula is C15H24O10. The first-order valence-electron chi connectivity index (χ1n) is 6.44. The zero-order valence-corrected chi connectivity index (χ0v) is 15.0. The number of ketones is 4. The van der Waals surface area contributed by atoms with Crippen LogP contribution in [-0.4, -0.2) is 45.6 Å². The lowest BCUT2D eigenvalue weighted by Gasteiger charge is -1.81. The van der Waals surface area contributed by atoms with Crippen LogP contribution in [0.25, 0.3) is 0 Å². The molecule has 0 aromatic carbocycles. The Morgan fingerprint density at radius 2 is 0.960 bits per heavy atom. The smallest absolute Gasteiger partial charge is 0.300 e. The van der Waals surface area contributed by atoms with Gasteiger partial charge in [-0.15, -0.1) is 0 Å². The molecule has 144 valence electrons. The maximum absolute atomic E-state index is 10.0. The number of aliphatic carboxylic acids is 1. The number of carboxylic acid groups (broad SMARTS) is 1. The van der Waals surface area contributed by atoms with E-state index in [0.717, 1.165) is 6.92 Å². The third-order valence-corrected chi connectivity index (χ3v) is 1.08. The molecule has 0 aromatic heterocycles. The second-order valence-corrected chi connectivity index (χ2v) is 4.22. The molecule has 0 heterocycles. The molecule has 0 aliphatic carbocycles. The van der Waals surface area contributed by atoms with Crippen LogP contribution in [0.3, 0.4) is 0 Å². The van der Waals surface area contributed by atoms with Crippen LogP contribution >= 0.6 is 0 Å². The van der Waals surface area contributed by atoms with Crippen LogP contribution in [0.4, 0.5) is 0 Å². The van der Waals surface area contributed by atoms with E-state index >= 15 is 0 Å². The monoisotopic (exact) mass is 364 g/mol. The van der Waals surface area contributed by atoms with Crippen LogP contribution in [0.5, 0.6) is 0 Å². The molecular weight excluding hydrogens is 340 g/mol. The van der Waals surface area contributed by atoms with Crippen LogP contribution in [0.2, 0.25) is 0 Å². The van der Waals surface area contributed by atoms with Gasteiger partial charge in [-0.3, -0.25) is 28.8 Å². The summed E-state index contributed by atoms with van der Waals surface area (Å²) in [6, 6.07) is 0. The molecule has 0 unspecified atom stereocenters. The largest absolute Gasteiger partial charge is 0.512 e. The fourth-order valence-electron chi connectivity index (χ4n) is 0.645. The lowest BCUT2D eigenvalue weighted by Crippen LogP contribution is -1.97. The Kier molecular flexibility index (Phi) is 34.7. The number of Topliss-reactive ketones (excluding diaryl/α,β-unsaturated/α-hetero) is 3. The number of carboxylic acids is 1. The number of carbonyl (C=O) groups excluding carboxylic acids is 5. The van der Waals surface area contributed by atoms with Crippen molar-refractivity contribution >= 4 is 35.4 Å². The van der Waals surface area contributed by atoms with Gasteiger partial charge in [0.1, 0.15) is 11.6 Å². The Hall–Kier alpha value is -3.04. The maximum Gasteiger partial charge on any atom is 0.300 e. The number of carbonyl (C=O) groups is 6. The Morgan fingerprint density at radius 3 is 0.960 bits per heavy atom. The highest BCUT2D eigenvalue weighted by molar-refractivity contribution is 6.23. The van der Waals surface area contributed by atoms with E-state index in [1.165, 1.54) is 40.7 Å². The Labute approximate surface area is 145 Å². The van der Waals surface area contributed by atoms with Crippen LogP contribution < -0.4 is 0 Å². The van der Waals surface area contributed by atoms with Gasteiger partial charge in [-0.1, -0.05) is 0 Å². The standard InChI is InChI=1S/2C5H8O2.C3H4O2.C2H4O2.O2/c2*1-4(6)3-5(2)7;1-3(5)2-4;1-2(3)4;1-2/h3H2,1-2H3;3,6H,1-2H3;2H,1H3;1H3,(H,3,4);/b;4-3-;;;. The zero-order chi connectivity index (χ0) is 21.6. The summed E-state index contributed by atoms with van der Waals surface area (Å²) in [5, 5.41) is 15.8. The summed E-state index contributed by atoms with van der Waals surface area (Å²) in [6.45, 7) is 7.96. The van der Waals surface area contributed by atoms with Crippen LogP contribution in [0.1, 0.15) is 48.0 Å². The van der Waals surface area contributed by atoms with E-state index in [0.29, 0.717) is 0 Å². The van der Waals surface area contributed by atoms with Gasteiger partial charge in [0.15, 0.2) is 17.9 Å². The Balaban J connectivity index is -0.0000000702. The lowest BCUT2D eigenvalue weighted by molar-refractivity contribution is -0.134. The van der Waals surface area contributed by atoms with Crippen molar-refractivity contribution in [3.8, 4) is 0 Å². The summed E-state index contributed by atoms with van der Waals surface area (Å²) in [7, 11) is 0. The SMILES string of the molecule is CC(=O)/C=C(/C)O.CC(=O)C=O.CC(=O)CC(C)=O.CC(=O)O.O=O. The molecule has 0 rings (SSSR count). The number of hydrogen-bond donors (Lipinski definition) is 2. The predicted molar refractivity (Wildman–Crippen MR) is 89.8 cm³/mol. The molecule has 0 atom stereocenters. The van der Waals surface area contributed by atoms with Crippen LogP contribution in [0, 0.1) is 9.93 Å². The molecule has 25 heavy (non-hydrogen) atoms. The summed E-state index contributed by atoms with van der Waals surface area (Å²) < 4.78 is 0. The van der Waals surface area contributed by atoms with Gasteiger partial charge in [0.25, 0.3) is 5.97 Å². The number of allylic oxidation sites excluding steroid dienone is 2. The number of aliphatic hydroxyl groups excluding tert-OH is 1. The van der Waals surface area contributed by atoms with E-state index < -0.39 is 11.8 Å². The summed E-state index contributed by atoms with van der Waals surface area (Å²) in [5.41, 5.74) is 0. The first-order valence-corrected chi connectivity index (χ1v) is 6.44. The molecule has 0 aromatic rings. The maximum atomic E-state index is 10.0. The zero-order valence-electron chi connectivity index (χ0n) is 15.0. The van der Waals surface area contributed by atoms with E-state index in [1.54, 1.807) is 0 Å². The molecule has 0 bridgehead atoms. The van der Waals surface area contributed by atoms with Crippen molar-refractivity contribution < 1.29 is 39.0 Å². The average molecular weight is 364 g/mol. The van der Waals surface area contributed by atoms with Crippen molar-refractivity contribution in [3.05, 3.63) is 21.8 Å². The molecule has 10 heteroatoms. The summed E-state index contributed by atoms with van der Waals surface area (Å²) >= 11 is 0. The van der Waals surface area contributed by atoms with E-state index in [9.17, 15) is 19.2 Å². The minimum Gasteiger partial charge on any atom is -0.512 e. The van der Waals surface area contributed by atoms with E-state index in [4.69, 9.17) is 29.7 Å². The number of aldehydes is 1. The van der Waals surface area contributed by atoms with Crippen LogP contribution in [-0.2, 0) is 28.8 Å². The van der Waals surface area contributed by atoms with Gasteiger partial charge >= 0.3 is 0 Å². The molecule has 10 nitrogen and oxygen atoms in total. The number of hydrogen-bond acceptors (Lipinski definition) is 9. The van der Waals surface area contributed by atoms with Crippen molar-refractivity contribution in [2.45, 2.75) is 48.0 Å². The van der Waals surface area contributed by atoms with Crippen molar-refractivity contribution in [2.24, 2.45) is 0 Å². The van der Waals surface area contributed by atoms with Gasteiger partial charge in [-0.25, -0.2) is 0 Å². The average Bonchev–Trinajstić information content (AvgIpc) is 2.38. The molecule has 0 fully saturated rings. The minimum absolute atomic E-state index is 0.0625. The summed E-state index contributed by atoms with van der Waals surface area (Å²) in [4.78, 5) is 71.7. The summed E-state index contributed by atoms with van der Waals surface area (Å²) in [5.74, 6) is -1.45. The van der Waals surface area contributed by atoms with Gasteiger partial charge in [-0.2, -0.15) is 0 Å². The molecule has 0 amide bonds. The molecule has 0 aliphatic rings. The molecule has 0 saturated carbocycles. The summed E-state index contributed by atoms with van der Waals surface area (Å²) in [6.07, 6.45) is 1.53. The Bertz CT molecular complexity index is 443. The van der Waals surface area contributed by atoms with Gasteiger partial charge in [0.2, 0.25) is 0 Å². The topological polar surface area (TPSA) is 177 Å². The fourth-order valence-corrected chi connectivity index (χ4v) is 0.645. The normalized spacial score (nSPS) is 8.00. The van der Waals surface area contributed by atoms with Crippen molar-refractivity contribution in [1.82, 2.24) is 0 Å². The first kappa shape index (κ1) is 33.5. The van der Waals surface area contributed by atoms with Crippen LogP contribution in [0.15, 0.2) is 11.8 Å². The van der Waals surface area contributed by atoms with E-state index in [-0.39, 0.29) is 35.8 Å². The van der Waals surface area contributed by atoms with Gasteiger partial charge in [0, 0.05) is 29.9 Å². The van der Waals surface area contributed by atoms with Gasteiger partial charge in [0.05, 0.1) is 12.2 Å². The predicted octanol–water partition coefficient (Wildman–Crippen LogP) is 1.52. The number of rotatable bonds is 4. The van der Waals surface area contributed by atoms with Crippen molar-refractivity contribution in [3.63, 3.8) is 0 Å². The highest BCUT2D eigenvalue weighted by Crippen LogP contribution is 1.82. The minimum atomic E-state index is -0.833. The van der Waals surface area contributed by atoms with E-state index in [1.807, 2.05) is 0 Å². The van der Waals surface area contributed by atoms with Crippen molar-refractivity contribution in [1.29, 1.82) is 0 Å². The lowest BCUT2D eigenvalue weighted by atomic mass is 10.2. The highest BCUT2D eigenvalue weighted by Gasteiger charge is 1.94. The highest BCUT2D eigenvalue weighted by atomic mass is 16.7. The quantitative estimate of drug-likeness (QED) is 0.244. The van der Waals surface area contributed by atoms with Gasteiger partial charge in [-0.05, 0) is 27.7 Å². The fraction of sp³-hybridized carbons (Fsp3) is 0.467. The molecule has 0 saturated heterocycles. The molecule has 0 aliphatic heterocycles. The van der Waals surface area contributed by atoms with Gasteiger partial charge < -0.3 is 10.2 Å². The van der Waals surface area contributed by atoms with Crippen molar-refractivity contribution in [2.75, 3.05) is 0 Å². The first-order chi connectivity index (χ1) is 11.3. The molecule has 0 spiro atoms. The second-order valence-electron chi connectivity index (χ2n) is 4.22. The third kappa shape index (κ3) is 156. The second kappa shape index (κ2) is 25.9. The molecule has 2 N–H and O–H groups in total. The van der Waals surface area contributed by atoms with E-state index in [2.05, 4.69) is 0 Å². The Morgan fingerprint density at radius 1 is 0.720 bits per heavy atom. The third-order valence-electron chi connectivity index (χ3n) is 1.08. The number of aliphatic hydroxyl groups is 1.